The molecule has 0 aliphatic carbocycles. The number of carbonyl (C=O) groups is 1. The Bertz CT molecular complexity index is 1310. The van der Waals surface area contributed by atoms with Crippen LogP contribution in [0.3, 0.4) is 0 Å². The third-order valence-electron chi connectivity index (χ3n) is 6.12. The van der Waals surface area contributed by atoms with Crippen molar-refractivity contribution >= 4 is 29.2 Å². The molecule has 0 unspecified atom stereocenters. The second-order valence-electron chi connectivity index (χ2n) is 8.80. The van der Waals surface area contributed by atoms with Gasteiger partial charge < -0.3 is 20.3 Å². The summed E-state index contributed by atoms with van der Waals surface area (Å²) in [4.78, 5) is 33.7. The maximum atomic E-state index is 13.6. The van der Waals surface area contributed by atoms with Crippen LogP contribution in [0.2, 0.25) is 0 Å². The Labute approximate surface area is 213 Å². The van der Waals surface area contributed by atoms with Gasteiger partial charge in [0.2, 0.25) is 11.9 Å². The number of hydrogen-bond donors (Lipinski definition) is 2. The highest BCUT2D eigenvalue weighted by Crippen LogP contribution is 2.27. The van der Waals surface area contributed by atoms with E-state index in [1.807, 2.05) is 4.90 Å². The molecule has 11 nitrogen and oxygen atoms in total. The quantitative estimate of drug-likeness (QED) is 0.495. The predicted octanol–water partition coefficient (Wildman–Crippen LogP) is 2.37. The van der Waals surface area contributed by atoms with Gasteiger partial charge in [0.1, 0.15) is 23.9 Å². The number of alkyl halides is 1. The van der Waals surface area contributed by atoms with E-state index in [4.69, 9.17) is 4.74 Å². The fourth-order valence-electron chi connectivity index (χ4n) is 4.27. The Morgan fingerprint density at radius 1 is 1.16 bits per heavy atom. The second kappa shape index (κ2) is 11.2. The van der Waals surface area contributed by atoms with E-state index in [2.05, 4.69) is 36.6 Å². The molecule has 12 heteroatoms. The lowest BCUT2D eigenvalue weighted by Gasteiger charge is -2.25. The first-order valence-electron chi connectivity index (χ1n) is 12.0. The fourth-order valence-corrected chi connectivity index (χ4v) is 4.27. The van der Waals surface area contributed by atoms with E-state index in [0.717, 1.165) is 13.1 Å². The highest BCUT2D eigenvalue weighted by Gasteiger charge is 2.25. The summed E-state index contributed by atoms with van der Waals surface area (Å²) in [6.07, 6.45) is 4.34. The average Bonchev–Trinajstić information content (AvgIpc) is 3.35. The van der Waals surface area contributed by atoms with Gasteiger partial charge in [-0.1, -0.05) is 0 Å². The van der Waals surface area contributed by atoms with Crippen molar-refractivity contribution < 1.29 is 13.9 Å². The van der Waals surface area contributed by atoms with Crippen LogP contribution in [0.5, 0.6) is 0 Å². The predicted molar refractivity (Wildman–Crippen MR) is 135 cm³/mol. The third-order valence-corrected chi connectivity index (χ3v) is 6.12. The zero-order valence-corrected chi connectivity index (χ0v) is 20.1. The van der Waals surface area contributed by atoms with Gasteiger partial charge >= 0.3 is 0 Å². The van der Waals surface area contributed by atoms with Crippen LogP contribution in [-0.4, -0.2) is 82.9 Å². The molecule has 3 aromatic heterocycles. The van der Waals surface area contributed by atoms with E-state index in [1.54, 1.807) is 47.8 Å². The molecule has 3 aromatic rings. The SMILES string of the molecule is N#Cc1cc(-c2ccnc(Nc3ccnc(NC(=O)CN4CCOCC4)c3)n2)cnc1N1CC[C@@H](F)C1. The van der Waals surface area contributed by atoms with Crippen LogP contribution in [-0.2, 0) is 9.53 Å². The summed E-state index contributed by atoms with van der Waals surface area (Å²) in [5.74, 6) is 1.08. The Hall–Kier alpha value is -4.21. The Kier molecular flexibility index (Phi) is 7.43. The topological polar surface area (TPSA) is 132 Å². The molecule has 2 aliphatic heterocycles. The maximum absolute atomic E-state index is 13.6. The summed E-state index contributed by atoms with van der Waals surface area (Å²) < 4.78 is 19.0. The number of amides is 1. The molecule has 2 N–H and O–H groups in total. The number of pyridine rings is 2. The van der Waals surface area contributed by atoms with Crippen LogP contribution in [0.15, 0.2) is 42.9 Å². The minimum atomic E-state index is -0.907. The van der Waals surface area contributed by atoms with Crippen molar-refractivity contribution in [3.8, 4) is 17.3 Å². The highest BCUT2D eigenvalue weighted by atomic mass is 19.1. The van der Waals surface area contributed by atoms with Gasteiger partial charge in [-0.25, -0.2) is 24.3 Å². The smallest absolute Gasteiger partial charge is 0.239 e. The first kappa shape index (κ1) is 24.5. The van der Waals surface area contributed by atoms with Crippen molar-refractivity contribution in [3.05, 3.63) is 48.4 Å². The van der Waals surface area contributed by atoms with Crippen LogP contribution < -0.4 is 15.5 Å². The molecule has 2 aliphatic rings. The van der Waals surface area contributed by atoms with Crippen molar-refractivity contribution in [2.24, 2.45) is 0 Å². The zero-order valence-electron chi connectivity index (χ0n) is 20.1. The number of nitrogens with zero attached hydrogens (tertiary/aromatic N) is 7. The lowest BCUT2D eigenvalue weighted by molar-refractivity contribution is -0.118. The number of halogens is 1. The number of rotatable bonds is 7. The van der Waals surface area contributed by atoms with E-state index in [9.17, 15) is 14.4 Å². The molecule has 0 aromatic carbocycles. The van der Waals surface area contributed by atoms with E-state index in [-0.39, 0.29) is 19.0 Å². The summed E-state index contributed by atoms with van der Waals surface area (Å²) in [5, 5.41) is 15.6. The normalized spacial score (nSPS) is 17.8. The van der Waals surface area contributed by atoms with Gasteiger partial charge in [0, 0.05) is 55.5 Å². The number of aromatic nitrogens is 4. The molecule has 5 rings (SSSR count). The molecule has 0 radical (unpaired) electrons. The van der Waals surface area contributed by atoms with Crippen LogP contribution in [0.4, 0.5) is 27.7 Å². The number of morpholine rings is 1. The molecule has 0 bridgehead atoms. The van der Waals surface area contributed by atoms with Gasteiger partial charge in [-0.2, -0.15) is 5.26 Å². The minimum Gasteiger partial charge on any atom is -0.379 e. The molecule has 37 heavy (non-hydrogen) atoms. The molecule has 0 spiro atoms. The van der Waals surface area contributed by atoms with Crippen molar-refractivity contribution in [2.75, 3.05) is 61.5 Å². The van der Waals surface area contributed by atoms with Gasteiger partial charge in [0.15, 0.2) is 0 Å². The number of hydrogen-bond acceptors (Lipinski definition) is 10. The first-order chi connectivity index (χ1) is 18.1. The molecule has 5 heterocycles. The van der Waals surface area contributed by atoms with Crippen LogP contribution >= 0.6 is 0 Å². The fraction of sp³-hybridized carbons (Fsp3) is 0.360. The molecule has 1 amide bonds. The lowest BCUT2D eigenvalue weighted by atomic mass is 10.1. The zero-order chi connectivity index (χ0) is 25.6. The highest BCUT2D eigenvalue weighted by molar-refractivity contribution is 5.91. The van der Waals surface area contributed by atoms with E-state index < -0.39 is 6.17 Å². The summed E-state index contributed by atoms with van der Waals surface area (Å²) in [6.45, 7) is 3.74. The van der Waals surface area contributed by atoms with E-state index >= 15 is 0 Å². The van der Waals surface area contributed by atoms with Crippen LogP contribution in [0.25, 0.3) is 11.3 Å². The van der Waals surface area contributed by atoms with Gasteiger partial charge in [-0.15, -0.1) is 0 Å². The minimum absolute atomic E-state index is 0.148. The van der Waals surface area contributed by atoms with Gasteiger partial charge in [-0.05, 0) is 24.6 Å². The van der Waals surface area contributed by atoms with Crippen molar-refractivity contribution in [3.63, 3.8) is 0 Å². The summed E-state index contributed by atoms with van der Waals surface area (Å²) in [7, 11) is 0. The third kappa shape index (κ3) is 6.14. The number of anilines is 4. The summed E-state index contributed by atoms with van der Waals surface area (Å²) in [6, 6.07) is 9.03. The second-order valence-corrected chi connectivity index (χ2v) is 8.80. The standard InChI is InChI=1S/C25H26FN9O2/c26-19-3-6-35(15-19)24-17(13-27)11-18(14-30-24)21-2-5-29-25(32-21)31-20-1-4-28-22(12-20)33-23(36)16-34-7-9-37-10-8-34/h1-2,4-5,11-12,14,19H,3,6-10,15-16H2,(H2,28,29,31,32,33,36)/t19-/m1/s1. The van der Waals surface area contributed by atoms with Crippen molar-refractivity contribution in [2.45, 2.75) is 12.6 Å². The lowest BCUT2D eigenvalue weighted by Crippen LogP contribution is -2.41. The Morgan fingerprint density at radius 2 is 2.00 bits per heavy atom. The first-order valence-corrected chi connectivity index (χ1v) is 12.0. The van der Waals surface area contributed by atoms with Crippen LogP contribution in [0.1, 0.15) is 12.0 Å². The molecular weight excluding hydrogens is 477 g/mol. The van der Waals surface area contributed by atoms with E-state index in [1.165, 1.54) is 0 Å². The Morgan fingerprint density at radius 3 is 2.78 bits per heavy atom. The number of carbonyl (C=O) groups excluding carboxylic acids is 1. The molecule has 2 saturated heterocycles. The molecule has 0 saturated carbocycles. The van der Waals surface area contributed by atoms with Crippen molar-refractivity contribution in [1.29, 1.82) is 5.26 Å². The Balaban J connectivity index is 1.27. The molecule has 190 valence electrons. The largest absolute Gasteiger partial charge is 0.379 e. The van der Waals surface area contributed by atoms with Gasteiger partial charge in [0.25, 0.3) is 0 Å². The van der Waals surface area contributed by atoms with Crippen molar-refractivity contribution in [1.82, 2.24) is 24.8 Å². The van der Waals surface area contributed by atoms with Crippen LogP contribution in [0, 0.1) is 11.3 Å². The maximum Gasteiger partial charge on any atom is 0.239 e. The van der Waals surface area contributed by atoms with Gasteiger partial charge in [0.05, 0.1) is 37.6 Å². The van der Waals surface area contributed by atoms with E-state index in [0.29, 0.717) is 66.3 Å². The molecule has 1 atom stereocenters. The average molecular weight is 504 g/mol. The monoisotopic (exact) mass is 503 g/mol. The molecule has 2 fully saturated rings. The molecular formula is C25H26FN9O2. The summed E-state index contributed by atoms with van der Waals surface area (Å²) >= 11 is 0. The summed E-state index contributed by atoms with van der Waals surface area (Å²) in [5.41, 5.74) is 2.24. The van der Waals surface area contributed by atoms with Gasteiger partial charge in [-0.3, -0.25) is 9.69 Å². The number of nitrogens with one attached hydrogen (secondary N) is 2. The number of nitriles is 1. The number of ether oxygens (including phenoxy) is 1.